The van der Waals surface area contributed by atoms with Crippen LogP contribution in [0.5, 0.6) is 11.5 Å². The first-order valence-corrected chi connectivity index (χ1v) is 23.8. The molecule has 4 heterocycles. The molecular weight excluding hydrogens is 911 g/mol. The molecule has 7 rings (SSSR count). The number of hydrogen-bond acceptors (Lipinski definition) is 17. The summed E-state index contributed by atoms with van der Waals surface area (Å²) in [5.74, 6) is -0.422. The van der Waals surface area contributed by atoms with E-state index < -0.39 is 35.9 Å². The molecule has 22 heteroatoms. The van der Waals surface area contributed by atoms with Crippen LogP contribution in [0.3, 0.4) is 0 Å². The highest BCUT2D eigenvalue weighted by molar-refractivity contribution is 7.13. The molecule has 2 aromatic carbocycles. The Bertz CT molecular complexity index is 2540. The van der Waals surface area contributed by atoms with Gasteiger partial charge < -0.3 is 66.4 Å². The third-order valence-electron chi connectivity index (χ3n) is 11.8. The Hall–Kier alpha value is -6.43. The molecule has 5 aromatic rings. The first kappa shape index (κ1) is 50.4. The number of anilines is 3. The number of benzene rings is 2. The van der Waals surface area contributed by atoms with Gasteiger partial charge in [-0.1, -0.05) is 37.1 Å². The monoisotopic (exact) mass is 971 g/mol. The summed E-state index contributed by atoms with van der Waals surface area (Å²) in [5, 5.41) is 22.5. The van der Waals surface area contributed by atoms with Gasteiger partial charge in [-0.3, -0.25) is 23.6 Å². The van der Waals surface area contributed by atoms with Gasteiger partial charge in [0.15, 0.2) is 11.5 Å². The van der Waals surface area contributed by atoms with Gasteiger partial charge in [-0.15, -0.1) is 11.3 Å². The Morgan fingerprint density at radius 1 is 0.957 bits per heavy atom. The van der Waals surface area contributed by atoms with Gasteiger partial charge >= 0.3 is 0 Å². The Labute approximate surface area is 403 Å². The summed E-state index contributed by atoms with van der Waals surface area (Å²) in [6.07, 6.45) is 6.44. The van der Waals surface area contributed by atoms with E-state index in [4.69, 9.17) is 40.1 Å². The smallest absolute Gasteiger partial charge is 0.256 e. The van der Waals surface area contributed by atoms with E-state index in [9.17, 15) is 24.3 Å². The fraction of sp³-hybridized carbons (Fsp3) is 0.468. The van der Waals surface area contributed by atoms with Crippen LogP contribution >= 0.6 is 11.3 Å². The zero-order chi connectivity index (χ0) is 48.9. The van der Waals surface area contributed by atoms with Gasteiger partial charge in [0.05, 0.1) is 62.3 Å². The fourth-order valence-corrected chi connectivity index (χ4v) is 9.08. The number of rotatable bonds is 24. The lowest BCUT2D eigenvalue weighted by Gasteiger charge is -2.30. The van der Waals surface area contributed by atoms with Crippen molar-refractivity contribution in [3.8, 4) is 21.9 Å². The number of aromatic nitrogens is 4. The first-order chi connectivity index (χ1) is 33.4. The van der Waals surface area contributed by atoms with E-state index >= 15 is 0 Å². The van der Waals surface area contributed by atoms with Crippen molar-refractivity contribution in [2.45, 2.75) is 82.8 Å². The number of imidazole rings is 1. The lowest BCUT2D eigenvalue weighted by molar-refractivity contribution is -0.141. The standard InChI is InChI=1S/C47H61N11O10S/c1-28-41(69-27-52-28)31-10-8-30(9-11-31)24-51-45(62)38-22-33(59)25-58(38)46(63)29(2)53-39(60)26-67-17-16-65-14-15-66-18-19-68-35-21-32(20-34(23-35)64-3)54-43-40(42(49)61)44-50-12-13-57(44)47(56-43)55-37-7-5-4-6-36(37)48/h8-13,20-21,23,27,29,33,36-38,54,59H,4-7,14-19,22,24-26,48H2,1-3H3,(H2,49,61)(H,51,62)(H,53,60)(H,55,56)/t29-,33+,36+,37-,38-/m0/s1. The SMILES string of the molecule is COc1cc(Nc2nc(N[C@H]3CCCC[C@H]3N)n3ccnc3c2C(N)=O)cc(OCCOCCOCCOCC(=O)N[C@@H](C)C(=O)N2C[C@H](O)C[C@H]2C(=O)NCc2ccc(-c3scnc3C)cc2)c1. The number of aryl methyl sites for hydroxylation is 1. The number of likely N-dealkylation sites (tertiary alicyclic amines) is 1. The summed E-state index contributed by atoms with van der Waals surface area (Å²) in [4.78, 5) is 67.7. The molecule has 4 amide bonds. The van der Waals surface area contributed by atoms with Crippen molar-refractivity contribution >= 4 is 58.1 Å². The van der Waals surface area contributed by atoms with Crippen molar-refractivity contribution in [1.82, 2.24) is 34.9 Å². The first-order valence-electron chi connectivity index (χ1n) is 22.9. The number of β-amino-alcohol motifs (C(OH)–C–C–N with tert-alkyl or cyclic N) is 1. The molecule has 2 aliphatic rings. The summed E-state index contributed by atoms with van der Waals surface area (Å²) in [5.41, 5.74) is 17.9. The van der Waals surface area contributed by atoms with E-state index in [1.165, 1.54) is 18.9 Å². The van der Waals surface area contributed by atoms with Gasteiger partial charge in [-0.2, -0.15) is 4.98 Å². The molecule has 2 fully saturated rings. The number of fused-ring (bicyclic) bond motifs is 1. The molecule has 0 spiro atoms. The van der Waals surface area contributed by atoms with E-state index in [-0.39, 0.29) is 95.1 Å². The lowest BCUT2D eigenvalue weighted by atomic mass is 9.91. The largest absolute Gasteiger partial charge is 0.497 e. The van der Waals surface area contributed by atoms with Gasteiger partial charge in [0, 0.05) is 67.9 Å². The number of ether oxygens (including phenoxy) is 5. The molecule has 0 bridgehead atoms. The predicted octanol–water partition coefficient (Wildman–Crippen LogP) is 2.91. The Kier molecular flexibility index (Phi) is 17.7. The zero-order valence-corrected chi connectivity index (χ0v) is 39.8. The highest BCUT2D eigenvalue weighted by atomic mass is 32.1. The molecule has 0 unspecified atom stereocenters. The van der Waals surface area contributed by atoms with Crippen molar-refractivity contribution in [3.63, 3.8) is 0 Å². The van der Waals surface area contributed by atoms with Crippen LogP contribution in [0.25, 0.3) is 16.1 Å². The Morgan fingerprint density at radius 3 is 2.39 bits per heavy atom. The molecule has 0 radical (unpaired) electrons. The second-order valence-electron chi connectivity index (χ2n) is 16.9. The van der Waals surface area contributed by atoms with Crippen LogP contribution in [0.2, 0.25) is 0 Å². The number of nitrogens with two attached hydrogens (primary N) is 2. The molecule has 1 aliphatic carbocycles. The lowest BCUT2D eigenvalue weighted by Crippen LogP contribution is -2.53. The second kappa shape index (κ2) is 24.2. The molecule has 1 saturated heterocycles. The highest BCUT2D eigenvalue weighted by Crippen LogP contribution is 2.32. The van der Waals surface area contributed by atoms with Crippen molar-refractivity contribution in [3.05, 3.63) is 77.2 Å². The summed E-state index contributed by atoms with van der Waals surface area (Å²) >= 11 is 1.56. The van der Waals surface area contributed by atoms with Crippen LogP contribution in [0.15, 0.2) is 60.4 Å². The Morgan fingerprint density at radius 2 is 1.68 bits per heavy atom. The molecule has 370 valence electrons. The maximum absolute atomic E-state index is 13.3. The van der Waals surface area contributed by atoms with Crippen molar-refractivity contribution in [2.24, 2.45) is 11.5 Å². The summed E-state index contributed by atoms with van der Waals surface area (Å²) in [6.45, 7) is 4.74. The third-order valence-corrected chi connectivity index (χ3v) is 12.8. The summed E-state index contributed by atoms with van der Waals surface area (Å²) in [6, 6.07) is 11.1. The van der Waals surface area contributed by atoms with E-state index in [1.807, 2.05) is 31.2 Å². The predicted molar refractivity (Wildman–Crippen MR) is 257 cm³/mol. The molecule has 1 aliphatic heterocycles. The van der Waals surface area contributed by atoms with Crippen molar-refractivity contribution in [2.75, 3.05) is 70.5 Å². The second-order valence-corrected chi connectivity index (χ2v) is 17.7. The minimum atomic E-state index is -0.954. The average Bonchev–Trinajstić information content (AvgIpc) is 4.10. The molecule has 69 heavy (non-hydrogen) atoms. The molecule has 5 atom stereocenters. The molecule has 9 N–H and O–H groups in total. The normalized spacial score (nSPS) is 18.4. The third kappa shape index (κ3) is 13.4. The molecule has 21 nitrogen and oxygen atoms in total. The number of carbonyl (C=O) groups excluding carboxylic acids is 4. The number of nitrogens with zero attached hydrogens (tertiary/aromatic N) is 5. The van der Waals surface area contributed by atoms with E-state index in [0.29, 0.717) is 28.8 Å². The van der Waals surface area contributed by atoms with Crippen LogP contribution in [0, 0.1) is 6.92 Å². The quantitative estimate of drug-likeness (QED) is 0.0438. The van der Waals surface area contributed by atoms with E-state index in [2.05, 4.69) is 31.2 Å². The number of methoxy groups -OCH3 is 1. The van der Waals surface area contributed by atoms with Crippen LogP contribution in [-0.2, 0) is 35.1 Å². The average molecular weight is 972 g/mol. The number of primary amides is 1. The molecule has 1 saturated carbocycles. The number of thiazole rings is 1. The number of aliphatic hydroxyl groups excluding tert-OH is 1. The summed E-state index contributed by atoms with van der Waals surface area (Å²) < 4.78 is 29.8. The van der Waals surface area contributed by atoms with Gasteiger partial charge in [-0.25, -0.2) is 9.97 Å². The number of nitrogens with one attached hydrogen (secondary N) is 4. The highest BCUT2D eigenvalue weighted by Gasteiger charge is 2.40. The number of amides is 4. The van der Waals surface area contributed by atoms with Gasteiger partial charge in [-0.05, 0) is 37.8 Å². The molecule has 3 aromatic heterocycles. The van der Waals surface area contributed by atoms with Crippen LogP contribution in [-0.4, -0.2) is 143 Å². The van der Waals surface area contributed by atoms with E-state index in [0.717, 1.165) is 47.4 Å². The van der Waals surface area contributed by atoms with Gasteiger partial charge in [0.2, 0.25) is 23.7 Å². The fourth-order valence-electron chi connectivity index (χ4n) is 8.27. The van der Waals surface area contributed by atoms with Gasteiger partial charge in [0.1, 0.15) is 42.4 Å². The minimum Gasteiger partial charge on any atom is -0.497 e. The van der Waals surface area contributed by atoms with Crippen molar-refractivity contribution in [1.29, 1.82) is 0 Å². The van der Waals surface area contributed by atoms with Gasteiger partial charge in [0.25, 0.3) is 5.91 Å². The van der Waals surface area contributed by atoms with Crippen LogP contribution in [0.4, 0.5) is 17.5 Å². The minimum absolute atomic E-state index is 0.00307. The maximum Gasteiger partial charge on any atom is 0.256 e. The number of hydrogen-bond donors (Lipinski definition) is 7. The van der Waals surface area contributed by atoms with Crippen LogP contribution < -0.4 is 42.2 Å². The Balaban J connectivity index is 0.777. The maximum atomic E-state index is 13.3. The zero-order valence-electron chi connectivity index (χ0n) is 39.0. The van der Waals surface area contributed by atoms with Crippen LogP contribution in [0.1, 0.15) is 60.6 Å². The molecular formula is C47H61N11O10S. The number of carbonyl (C=O) groups is 4. The van der Waals surface area contributed by atoms with Crippen molar-refractivity contribution < 1.29 is 48.0 Å². The topological polar surface area (TPSA) is 281 Å². The number of aliphatic hydroxyl groups is 1. The summed E-state index contributed by atoms with van der Waals surface area (Å²) in [7, 11) is 1.53. The van der Waals surface area contributed by atoms with E-state index in [1.54, 1.807) is 51.8 Å².